The minimum absolute atomic E-state index is 0.111. The molecule has 31 heavy (non-hydrogen) atoms. The summed E-state index contributed by atoms with van der Waals surface area (Å²) in [6.45, 7) is 1.86. The van der Waals surface area contributed by atoms with Crippen LogP contribution in [0.25, 0.3) is 0 Å². The number of thiocarbonyl (C=S) groups is 1. The Kier molecular flexibility index (Phi) is 8.82. The van der Waals surface area contributed by atoms with Gasteiger partial charge in [-0.05, 0) is 47.5 Å². The highest BCUT2D eigenvalue weighted by Gasteiger charge is 2.13. The molecule has 2 N–H and O–H groups in total. The Labute approximate surface area is 193 Å². The van der Waals surface area contributed by atoms with E-state index in [1.165, 1.54) is 0 Å². The molecule has 0 aliphatic rings. The van der Waals surface area contributed by atoms with Crippen LogP contribution >= 0.6 is 23.8 Å². The summed E-state index contributed by atoms with van der Waals surface area (Å²) in [5, 5.41) is 7.22. The number of pyridine rings is 1. The zero-order chi connectivity index (χ0) is 21.9. The number of amides is 1. The van der Waals surface area contributed by atoms with Crippen molar-refractivity contribution in [2.75, 3.05) is 13.1 Å². The molecule has 0 saturated heterocycles. The van der Waals surface area contributed by atoms with Crippen molar-refractivity contribution in [2.24, 2.45) is 0 Å². The molecular weight excluding hydrogens is 428 g/mol. The molecule has 0 aliphatic carbocycles. The number of nitrogens with one attached hydrogen (secondary N) is 2. The molecule has 1 amide bonds. The number of hydrogen-bond donors (Lipinski definition) is 2. The summed E-state index contributed by atoms with van der Waals surface area (Å²) >= 11 is 11.8. The lowest BCUT2D eigenvalue weighted by atomic mass is 10.1. The molecule has 0 fully saturated rings. The minimum Gasteiger partial charge on any atom is -0.354 e. The lowest BCUT2D eigenvalue weighted by molar-refractivity contribution is -0.119. The normalized spacial score (nSPS) is 10.4. The van der Waals surface area contributed by atoms with Crippen LogP contribution in [0.5, 0.6) is 0 Å². The molecule has 1 aromatic heterocycles. The van der Waals surface area contributed by atoms with E-state index in [0.717, 1.165) is 16.7 Å². The second-order valence-corrected chi connectivity index (χ2v) is 7.85. The van der Waals surface area contributed by atoms with Crippen molar-refractivity contribution in [2.45, 2.75) is 19.5 Å². The fraction of sp³-hybridized carbons (Fsp3) is 0.208. The van der Waals surface area contributed by atoms with Crippen molar-refractivity contribution in [3.8, 4) is 0 Å². The summed E-state index contributed by atoms with van der Waals surface area (Å²) in [6, 6.07) is 21.6. The van der Waals surface area contributed by atoms with Gasteiger partial charge in [0.1, 0.15) is 0 Å². The number of carbonyl (C=O) groups is 1. The smallest absolute Gasteiger partial charge is 0.239 e. The lowest BCUT2D eigenvalue weighted by Crippen LogP contribution is -2.44. The molecule has 5 nitrogen and oxygen atoms in total. The Hall–Kier alpha value is -2.96. The first-order valence-electron chi connectivity index (χ1n) is 10.1. The quantitative estimate of drug-likeness (QED) is 0.481. The van der Waals surface area contributed by atoms with Crippen LogP contribution in [0.4, 0.5) is 0 Å². The molecule has 0 aliphatic heterocycles. The first kappa shape index (κ1) is 22.7. The van der Waals surface area contributed by atoms with Crippen molar-refractivity contribution < 1.29 is 4.79 Å². The maximum atomic E-state index is 12.3. The van der Waals surface area contributed by atoms with Gasteiger partial charge in [0.2, 0.25) is 5.91 Å². The molecule has 3 rings (SSSR count). The standard InChI is InChI=1S/C24H25ClN4OS/c25-22-11-5-4-10-21(22)12-14-27-23(30)16-28-24(31)29(17-19-7-2-1-3-8-19)18-20-9-6-13-26-15-20/h1-11,13,15H,12,14,16-18H2,(H,27,30)(H,28,31). The van der Waals surface area contributed by atoms with E-state index >= 15 is 0 Å². The molecule has 7 heteroatoms. The Morgan fingerprint density at radius 3 is 2.39 bits per heavy atom. The average Bonchev–Trinajstić information content (AvgIpc) is 2.80. The summed E-state index contributed by atoms with van der Waals surface area (Å²) in [5.41, 5.74) is 3.20. The van der Waals surface area contributed by atoms with Crippen molar-refractivity contribution >= 4 is 34.8 Å². The van der Waals surface area contributed by atoms with Gasteiger partial charge >= 0.3 is 0 Å². The number of aromatic nitrogens is 1. The van der Waals surface area contributed by atoms with E-state index in [9.17, 15) is 4.79 Å². The van der Waals surface area contributed by atoms with Crippen molar-refractivity contribution in [1.82, 2.24) is 20.5 Å². The molecule has 0 spiro atoms. The molecular formula is C24H25ClN4OS. The molecule has 0 bridgehead atoms. The monoisotopic (exact) mass is 452 g/mol. The average molecular weight is 453 g/mol. The van der Waals surface area contributed by atoms with Gasteiger partial charge in [0.05, 0.1) is 6.54 Å². The highest BCUT2D eigenvalue weighted by molar-refractivity contribution is 7.80. The predicted molar refractivity (Wildman–Crippen MR) is 129 cm³/mol. The highest BCUT2D eigenvalue weighted by atomic mass is 35.5. The Morgan fingerprint density at radius 2 is 1.65 bits per heavy atom. The first-order valence-corrected chi connectivity index (χ1v) is 10.9. The number of hydrogen-bond acceptors (Lipinski definition) is 3. The molecule has 0 unspecified atom stereocenters. The Morgan fingerprint density at radius 1 is 0.935 bits per heavy atom. The molecule has 0 saturated carbocycles. The maximum absolute atomic E-state index is 12.3. The molecule has 160 valence electrons. The summed E-state index contributed by atoms with van der Waals surface area (Å²) in [6.07, 6.45) is 4.24. The number of nitrogens with zero attached hydrogens (tertiary/aromatic N) is 2. The first-order chi connectivity index (χ1) is 15.1. The Balaban J connectivity index is 1.51. The van der Waals surface area contributed by atoms with E-state index in [4.69, 9.17) is 23.8 Å². The van der Waals surface area contributed by atoms with E-state index in [1.807, 2.05) is 65.7 Å². The van der Waals surface area contributed by atoms with Gasteiger partial charge in [-0.1, -0.05) is 66.2 Å². The van der Waals surface area contributed by atoms with Gasteiger partial charge in [-0.15, -0.1) is 0 Å². The fourth-order valence-corrected chi connectivity index (χ4v) is 3.51. The molecule has 0 atom stereocenters. The summed E-state index contributed by atoms with van der Waals surface area (Å²) in [4.78, 5) is 18.5. The zero-order valence-electron chi connectivity index (χ0n) is 17.1. The third-order valence-corrected chi connectivity index (χ3v) is 5.45. The van der Waals surface area contributed by atoms with Gasteiger partial charge in [0.25, 0.3) is 0 Å². The van der Waals surface area contributed by atoms with E-state index in [0.29, 0.717) is 36.2 Å². The van der Waals surface area contributed by atoms with Crippen LogP contribution in [-0.4, -0.2) is 34.0 Å². The van der Waals surface area contributed by atoms with Crippen LogP contribution in [0.1, 0.15) is 16.7 Å². The van der Waals surface area contributed by atoms with Crippen LogP contribution in [0.3, 0.4) is 0 Å². The fourth-order valence-electron chi connectivity index (χ4n) is 3.08. The number of carbonyl (C=O) groups excluding carboxylic acids is 1. The molecule has 2 aromatic carbocycles. The van der Waals surface area contributed by atoms with E-state index in [1.54, 1.807) is 6.20 Å². The summed E-state index contributed by atoms with van der Waals surface area (Å²) < 4.78 is 0. The third-order valence-electron chi connectivity index (χ3n) is 4.67. The second kappa shape index (κ2) is 12.0. The van der Waals surface area contributed by atoms with Crippen molar-refractivity contribution in [3.05, 3.63) is 101 Å². The predicted octanol–water partition coefficient (Wildman–Crippen LogP) is 3.97. The number of rotatable bonds is 9. The third kappa shape index (κ3) is 7.66. The summed E-state index contributed by atoms with van der Waals surface area (Å²) in [7, 11) is 0. The van der Waals surface area contributed by atoms with Crippen LogP contribution in [0.2, 0.25) is 5.02 Å². The Bertz CT molecular complexity index is 944. The zero-order valence-corrected chi connectivity index (χ0v) is 18.7. The molecule has 3 aromatic rings. The van der Waals surface area contributed by atoms with Gasteiger partial charge in [-0.25, -0.2) is 0 Å². The second-order valence-electron chi connectivity index (χ2n) is 7.05. The van der Waals surface area contributed by atoms with Crippen molar-refractivity contribution in [3.63, 3.8) is 0 Å². The van der Waals surface area contributed by atoms with Crippen LogP contribution in [0.15, 0.2) is 79.1 Å². The van der Waals surface area contributed by atoms with Crippen LogP contribution < -0.4 is 10.6 Å². The van der Waals surface area contributed by atoms with Gasteiger partial charge < -0.3 is 15.5 Å². The van der Waals surface area contributed by atoms with E-state index < -0.39 is 0 Å². The lowest BCUT2D eigenvalue weighted by Gasteiger charge is -2.26. The topological polar surface area (TPSA) is 57.3 Å². The number of benzene rings is 2. The molecule has 1 heterocycles. The largest absolute Gasteiger partial charge is 0.354 e. The molecule has 0 radical (unpaired) electrons. The number of halogens is 1. The van der Waals surface area contributed by atoms with Crippen molar-refractivity contribution in [1.29, 1.82) is 0 Å². The van der Waals surface area contributed by atoms with Crippen LogP contribution in [0, 0.1) is 0 Å². The highest BCUT2D eigenvalue weighted by Crippen LogP contribution is 2.14. The minimum atomic E-state index is -0.115. The van der Waals surface area contributed by atoms with E-state index in [-0.39, 0.29) is 12.5 Å². The summed E-state index contributed by atoms with van der Waals surface area (Å²) in [5.74, 6) is -0.115. The van der Waals surface area contributed by atoms with E-state index in [2.05, 4.69) is 27.8 Å². The van der Waals surface area contributed by atoms with Gasteiger partial charge in [-0.3, -0.25) is 9.78 Å². The maximum Gasteiger partial charge on any atom is 0.239 e. The SMILES string of the molecule is O=C(CNC(=S)N(Cc1ccccc1)Cc1cccnc1)NCCc1ccccc1Cl. The van der Waals surface area contributed by atoms with Gasteiger partial charge in [-0.2, -0.15) is 0 Å². The van der Waals surface area contributed by atoms with Crippen LogP contribution in [-0.2, 0) is 24.3 Å². The van der Waals surface area contributed by atoms with Gasteiger partial charge in [0, 0.05) is 37.1 Å². The van der Waals surface area contributed by atoms with Gasteiger partial charge in [0.15, 0.2) is 5.11 Å².